The summed E-state index contributed by atoms with van der Waals surface area (Å²) in [5, 5.41) is 35.5. The molecule has 12 heteroatoms. The van der Waals surface area contributed by atoms with E-state index in [4.69, 9.17) is 11.6 Å². The van der Waals surface area contributed by atoms with Crippen LogP contribution in [-0.2, 0) is 11.0 Å². The lowest BCUT2D eigenvalue weighted by molar-refractivity contribution is -0.182. The van der Waals surface area contributed by atoms with Crippen molar-refractivity contribution in [3.8, 4) is 12.1 Å². The van der Waals surface area contributed by atoms with Crippen molar-refractivity contribution in [3.63, 3.8) is 0 Å². The van der Waals surface area contributed by atoms with E-state index >= 15 is 0 Å². The third kappa shape index (κ3) is 5.30. The number of nitriles is 2. The van der Waals surface area contributed by atoms with E-state index in [1.165, 1.54) is 12.4 Å². The Morgan fingerprint density at radius 1 is 1.09 bits per heavy atom. The van der Waals surface area contributed by atoms with Crippen molar-refractivity contribution >= 4 is 33.9 Å². The number of aromatic nitrogens is 4. The monoisotopic (exact) mass is 618 g/mol. The summed E-state index contributed by atoms with van der Waals surface area (Å²) in [4.78, 5) is 4.42. The second kappa shape index (κ2) is 10.4. The highest BCUT2D eigenvalue weighted by Crippen LogP contribution is 2.55. The molecular formula is C32H30ClF3N8. The number of nitrogens with zero attached hydrogens (tertiary/aromatic N) is 6. The molecule has 6 rings (SSSR count). The van der Waals surface area contributed by atoms with Gasteiger partial charge in [-0.1, -0.05) is 61.9 Å². The van der Waals surface area contributed by atoms with E-state index in [9.17, 15) is 23.7 Å². The van der Waals surface area contributed by atoms with Crippen LogP contribution >= 0.6 is 11.6 Å². The van der Waals surface area contributed by atoms with Crippen LogP contribution in [0.25, 0.3) is 10.9 Å². The maximum Gasteiger partial charge on any atom is 0.413 e. The summed E-state index contributed by atoms with van der Waals surface area (Å²) in [6.45, 7) is 6.80. The van der Waals surface area contributed by atoms with Crippen LogP contribution in [0.4, 0.5) is 24.5 Å². The molecule has 2 N–H and O–H groups in total. The number of halogens is 4. The summed E-state index contributed by atoms with van der Waals surface area (Å²) in [5.41, 5.74) is 1.13. The van der Waals surface area contributed by atoms with E-state index < -0.39 is 23.2 Å². The van der Waals surface area contributed by atoms with E-state index in [2.05, 4.69) is 58.8 Å². The maximum absolute atomic E-state index is 13.9. The SMILES string of the molecule is CC(C)(C)CNc1c(C#N)cnc2c(Cl)cc(NC(c3cccc(C4(C#N)CC4)c3)c3cn(C4(C(F)(F)F)CC4)nn3)cc12. The molecule has 226 valence electrons. The third-order valence-corrected chi connectivity index (χ3v) is 8.67. The van der Waals surface area contributed by atoms with Crippen LogP contribution in [-0.4, -0.2) is 32.7 Å². The predicted molar refractivity (Wildman–Crippen MR) is 161 cm³/mol. The van der Waals surface area contributed by atoms with Gasteiger partial charge in [0.25, 0.3) is 0 Å². The Morgan fingerprint density at radius 2 is 1.84 bits per heavy atom. The molecule has 0 bridgehead atoms. The summed E-state index contributed by atoms with van der Waals surface area (Å²) >= 11 is 6.72. The summed E-state index contributed by atoms with van der Waals surface area (Å²) in [6.07, 6.45) is -0.262. The van der Waals surface area contributed by atoms with E-state index in [1.807, 2.05) is 30.3 Å². The maximum atomic E-state index is 13.9. The fourth-order valence-electron chi connectivity index (χ4n) is 5.45. The van der Waals surface area contributed by atoms with Crippen molar-refractivity contribution in [3.05, 3.63) is 76.2 Å². The fourth-order valence-corrected chi connectivity index (χ4v) is 5.72. The van der Waals surface area contributed by atoms with E-state index in [0.29, 0.717) is 45.0 Å². The van der Waals surface area contributed by atoms with Crippen molar-refractivity contribution in [2.24, 2.45) is 5.41 Å². The van der Waals surface area contributed by atoms with Gasteiger partial charge in [0, 0.05) is 23.8 Å². The van der Waals surface area contributed by atoms with Crippen LogP contribution in [0.2, 0.25) is 5.02 Å². The largest absolute Gasteiger partial charge is 0.413 e. The number of pyridine rings is 1. The highest BCUT2D eigenvalue weighted by molar-refractivity contribution is 6.35. The molecule has 44 heavy (non-hydrogen) atoms. The van der Waals surface area contributed by atoms with Gasteiger partial charge in [0.05, 0.1) is 45.5 Å². The summed E-state index contributed by atoms with van der Waals surface area (Å²) < 4.78 is 42.7. The number of hydrogen-bond acceptors (Lipinski definition) is 7. The molecule has 1 atom stereocenters. The Labute approximate surface area is 257 Å². The quantitative estimate of drug-likeness (QED) is 0.209. The molecule has 2 aromatic carbocycles. The van der Waals surface area contributed by atoms with Gasteiger partial charge >= 0.3 is 6.18 Å². The molecule has 8 nitrogen and oxygen atoms in total. The number of alkyl halides is 3. The molecule has 2 fully saturated rings. The van der Waals surface area contributed by atoms with Crippen LogP contribution in [0.3, 0.4) is 0 Å². The van der Waals surface area contributed by atoms with Gasteiger partial charge in [0.1, 0.15) is 11.8 Å². The standard InChI is InChI=1S/C32H30ClF3N8/c1-29(2,3)18-40-26-20(14-37)15-39-28-23(26)12-22(13-24(28)33)41-27(19-5-4-6-21(11-19)30(17-38)7-8-30)25-16-44(43-42-25)31(9-10-31)32(34,35)36/h4-6,11-13,15-16,27,41H,7-10,18H2,1-3H3,(H,39,40). The molecule has 4 aromatic rings. The van der Waals surface area contributed by atoms with Gasteiger partial charge in [-0.3, -0.25) is 4.98 Å². The molecule has 0 saturated heterocycles. The van der Waals surface area contributed by atoms with Crippen LogP contribution in [0.5, 0.6) is 0 Å². The molecule has 2 aliphatic rings. The number of rotatable bonds is 8. The number of anilines is 2. The van der Waals surface area contributed by atoms with Crippen molar-refractivity contribution in [2.45, 2.75) is 69.6 Å². The molecule has 0 radical (unpaired) electrons. The number of nitrogens with one attached hydrogen (secondary N) is 2. The minimum atomic E-state index is -4.46. The summed E-state index contributed by atoms with van der Waals surface area (Å²) in [6, 6.07) is 14.9. The third-order valence-electron chi connectivity index (χ3n) is 8.39. The second-order valence-electron chi connectivity index (χ2n) is 12.9. The van der Waals surface area contributed by atoms with Crippen molar-refractivity contribution in [1.29, 1.82) is 10.5 Å². The molecule has 2 aromatic heterocycles. The van der Waals surface area contributed by atoms with Gasteiger partial charge in [0.2, 0.25) is 0 Å². The Bertz CT molecular complexity index is 1840. The minimum absolute atomic E-state index is 0.0591. The Hall–Kier alpha value is -4.35. The van der Waals surface area contributed by atoms with Crippen molar-refractivity contribution in [1.82, 2.24) is 20.0 Å². The zero-order valence-corrected chi connectivity index (χ0v) is 25.2. The fraction of sp³-hybridized carbons (Fsp3) is 0.406. The van der Waals surface area contributed by atoms with Gasteiger partial charge in [-0.2, -0.15) is 23.7 Å². The average molecular weight is 619 g/mol. The molecule has 2 aliphatic carbocycles. The molecule has 0 amide bonds. The van der Waals surface area contributed by atoms with Crippen LogP contribution < -0.4 is 10.6 Å². The highest BCUT2D eigenvalue weighted by Gasteiger charge is 2.66. The van der Waals surface area contributed by atoms with Crippen LogP contribution in [0.1, 0.15) is 74.9 Å². The van der Waals surface area contributed by atoms with Gasteiger partial charge in [-0.25, -0.2) is 4.68 Å². The smallest absolute Gasteiger partial charge is 0.383 e. The van der Waals surface area contributed by atoms with Gasteiger partial charge in [-0.15, -0.1) is 5.10 Å². The van der Waals surface area contributed by atoms with E-state index in [-0.39, 0.29) is 24.0 Å². The van der Waals surface area contributed by atoms with Crippen molar-refractivity contribution in [2.75, 3.05) is 17.2 Å². The molecule has 1 unspecified atom stereocenters. The Kier molecular flexibility index (Phi) is 7.01. The van der Waals surface area contributed by atoms with Gasteiger partial charge in [-0.05, 0) is 54.4 Å². The molecular weight excluding hydrogens is 589 g/mol. The number of fused-ring (bicyclic) bond motifs is 1. The first-order valence-electron chi connectivity index (χ1n) is 14.3. The van der Waals surface area contributed by atoms with Crippen LogP contribution in [0.15, 0.2) is 48.8 Å². The molecule has 0 spiro atoms. The average Bonchev–Trinajstić information content (AvgIpc) is 3.91. The second-order valence-corrected chi connectivity index (χ2v) is 13.3. The Balaban J connectivity index is 1.45. The van der Waals surface area contributed by atoms with E-state index in [0.717, 1.165) is 23.1 Å². The molecule has 2 heterocycles. The zero-order valence-electron chi connectivity index (χ0n) is 24.4. The lowest BCUT2D eigenvalue weighted by Gasteiger charge is -2.23. The topological polar surface area (TPSA) is 115 Å². The lowest BCUT2D eigenvalue weighted by Crippen LogP contribution is -2.35. The molecule has 0 aliphatic heterocycles. The normalized spacial score (nSPS) is 17.4. The van der Waals surface area contributed by atoms with Crippen LogP contribution in [0, 0.1) is 28.1 Å². The predicted octanol–water partition coefficient (Wildman–Crippen LogP) is 7.62. The first kappa shape index (κ1) is 29.7. The number of benzene rings is 2. The minimum Gasteiger partial charge on any atom is -0.383 e. The zero-order chi connectivity index (χ0) is 31.5. The molecule has 2 saturated carbocycles. The first-order valence-corrected chi connectivity index (χ1v) is 14.7. The number of hydrogen-bond donors (Lipinski definition) is 2. The van der Waals surface area contributed by atoms with Gasteiger partial charge in [0.15, 0.2) is 5.54 Å². The Morgan fingerprint density at radius 3 is 2.45 bits per heavy atom. The summed E-state index contributed by atoms with van der Waals surface area (Å²) in [5.74, 6) is 0. The van der Waals surface area contributed by atoms with E-state index in [1.54, 1.807) is 6.07 Å². The summed E-state index contributed by atoms with van der Waals surface area (Å²) in [7, 11) is 0. The first-order chi connectivity index (χ1) is 20.8. The lowest BCUT2D eigenvalue weighted by atomic mass is 9.93. The van der Waals surface area contributed by atoms with Crippen molar-refractivity contribution < 1.29 is 13.2 Å². The van der Waals surface area contributed by atoms with Gasteiger partial charge < -0.3 is 10.6 Å². The highest BCUT2D eigenvalue weighted by atomic mass is 35.5.